The van der Waals surface area contributed by atoms with E-state index >= 15 is 0 Å². The van der Waals surface area contributed by atoms with Gasteiger partial charge < -0.3 is 4.79 Å². The quantitative estimate of drug-likeness (QED) is 0.791. The van der Waals surface area contributed by atoms with Crippen LogP contribution in [0.4, 0.5) is 8.78 Å². The second kappa shape index (κ2) is 4.03. The van der Waals surface area contributed by atoms with Gasteiger partial charge in [0.05, 0.1) is 11.8 Å². The first-order chi connectivity index (χ1) is 7.95. The van der Waals surface area contributed by atoms with Crippen LogP contribution in [0.5, 0.6) is 0 Å². The Hall–Kier alpha value is -1.56. The van der Waals surface area contributed by atoms with E-state index in [-0.39, 0.29) is 11.3 Å². The number of carbonyl (C=O) groups is 1. The smallest absolute Gasteiger partial charge is 0.169 e. The van der Waals surface area contributed by atoms with Crippen molar-refractivity contribution >= 4 is 17.6 Å². The Bertz CT molecular complexity index is 560. The van der Waals surface area contributed by atoms with Crippen LogP contribution in [0, 0.1) is 11.6 Å². The first kappa shape index (κ1) is 11.9. The molecule has 0 aliphatic rings. The number of thiophene rings is 1. The van der Waals surface area contributed by atoms with Gasteiger partial charge >= 0.3 is 0 Å². The molecule has 3 nitrogen and oxygen atoms in total. The zero-order chi connectivity index (χ0) is 12.6. The maximum Gasteiger partial charge on any atom is 0.169 e. The number of aromatic nitrogens is 2. The van der Waals surface area contributed by atoms with E-state index in [0.717, 1.165) is 17.5 Å². The summed E-state index contributed by atoms with van der Waals surface area (Å²) in [4.78, 5) is 10.8. The van der Waals surface area contributed by atoms with Gasteiger partial charge in [-0.1, -0.05) is 0 Å². The number of nitrogens with zero attached hydrogens (tertiary/aromatic N) is 2. The third-order valence-corrected chi connectivity index (χ3v) is 3.13. The lowest BCUT2D eigenvalue weighted by Crippen LogP contribution is -2.28. The van der Waals surface area contributed by atoms with Gasteiger partial charge in [-0.15, -0.1) is 11.3 Å². The molecule has 2 aromatic heterocycles. The molecule has 0 unspecified atom stereocenters. The van der Waals surface area contributed by atoms with Crippen molar-refractivity contribution in [1.82, 2.24) is 9.78 Å². The average molecular weight is 256 g/mol. The fourth-order valence-corrected chi connectivity index (χ4v) is 2.01. The molecule has 0 spiro atoms. The lowest BCUT2D eigenvalue weighted by molar-refractivity contribution is -0.114. The summed E-state index contributed by atoms with van der Waals surface area (Å²) >= 11 is 1.13. The summed E-state index contributed by atoms with van der Waals surface area (Å²) in [6, 6.07) is 0. The van der Waals surface area contributed by atoms with Crippen LogP contribution >= 0.6 is 11.3 Å². The molecule has 0 bridgehead atoms. The summed E-state index contributed by atoms with van der Waals surface area (Å²) in [5.74, 6) is -1.15. The largest absolute Gasteiger partial charge is 0.301 e. The minimum atomic E-state index is -0.953. The molecule has 0 fully saturated rings. The highest BCUT2D eigenvalue weighted by molar-refractivity contribution is 7.08. The highest BCUT2D eigenvalue weighted by Crippen LogP contribution is 2.28. The van der Waals surface area contributed by atoms with Crippen LogP contribution in [0.2, 0.25) is 0 Å². The summed E-state index contributed by atoms with van der Waals surface area (Å²) in [6.07, 6.45) is 1.76. The molecule has 0 atom stereocenters. The van der Waals surface area contributed by atoms with Gasteiger partial charge in [0, 0.05) is 10.8 Å². The number of rotatable bonds is 3. The van der Waals surface area contributed by atoms with Crippen molar-refractivity contribution in [2.24, 2.45) is 0 Å². The van der Waals surface area contributed by atoms with Gasteiger partial charge in [0.25, 0.3) is 0 Å². The van der Waals surface area contributed by atoms with Crippen LogP contribution in [0.3, 0.4) is 0 Å². The summed E-state index contributed by atoms with van der Waals surface area (Å²) in [7, 11) is 0. The lowest BCUT2D eigenvalue weighted by atomic mass is 10.1. The molecule has 0 aliphatic carbocycles. The van der Waals surface area contributed by atoms with Crippen LogP contribution in [0.15, 0.2) is 17.0 Å². The number of hydrogen-bond acceptors (Lipinski definition) is 3. The first-order valence-corrected chi connectivity index (χ1v) is 5.84. The van der Waals surface area contributed by atoms with E-state index < -0.39 is 17.2 Å². The second-order valence-corrected chi connectivity index (χ2v) is 4.92. The fraction of sp³-hybridized carbons (Fsp3) is 0.273. The summed E-state index contributed by atoms with van der Waals surface area (Å²) in [5.41, 5.74) is -0.905. The Labute approximate surface area is 101 Å². The molecule has 0 amide bonds. The molecule has 2 rings (SSSR count). The van der Waals surface area contributed by atoms with E-state index in [4.69, 9.17) is 0 Å². The molecular weight excluding hydrogens is 246 g/mol. The Morgan fingerprint density at radius 3 is 2.59 bits per heavy atom. The molecule has 2 heterocycles. The van der Waals surface area contributed by atoms with E-state index in [1.165, 1.54) is 15.4 Å². The second-order valence-electron chi connectivity index (χ2n) is 4.18. The monoisotopic (exact) mass is 256 g/mol. The third-order valence-electron chi connectivity index (χ3n) is 2.42. The molecule has 0 saturated heterocycles. The third kappa shape index (κ3) is 2.00. The van der Waals surface area contributed by atoms with Gasteiger partial charge in [0.2, 0.25) is 0 Å². The van der Waals surface area contributed by atoms with Gasteiger partial charge in [-0.25, -0.2) is 8.78 Å². The van der Waals surface area contributed by atoms with Gasteiger partial charge in [0.1, 0.15) is 23.3 Å². The van der Waals surface area contributed by atoms with E-state index in [9.17, 15) is 13.6 Å². The molecule has 17 heavy (non-hydrogen) atoms. The summed E-state index contributed by atoms with van der Waals surface area (Å²) in [6.45, 7) is 3.19. The zero-order valence-electron chi connectivity index (χ0n) is 9.28. The molecule has 2 aromatic rings. The number of carbonyl (C=O) groups excluding carboxylic acids is 1. The SMILES string of the molecule is CC(C)(C=O)n1cc(F)c(-c2cscc2F)n1. The molecule has 6 heteroatoms. The Morgan fingerprint density at radius 1 is 1.35 bits per heavy atom. The maximum absolute atomic E-state index is 13.7. The molecule has 0 aliphatic heterocycles. The van der Waals surface area contributed by atoms with E-state index in [0.29, 0.717) is 6.29 Å². The van der Waals surface area contributed by atoms with E-state index in [2.05, 4.69) is 5.10 Å². The van der Waals surface area contributed by atoms with Crippen LogP contribution in [0.1, 0.15) is 13.8 Å². The fourth-order valence-electron chi connectivity index (χ4n) is 1.34. The number of hydrogen-bond donors (Lipinski definition) is 0. The zero-order valence-corrected chi connectivity index (χ0v) is 10.1. The van der Waals surface area contributed by atoms with Crippen molar-refractivity contribution in [2.75, 3.05) is 0 Å². The Kier molecular flexibility index (Phi) is 2.82. The minimum absolute atomic E-state index is 0.0707. The molecule has 0 aromatic carbocycles. The maximum atomic E-state index is 13.7. The standard InChI is InChI=1S/C11H10F2N2OS/c1-11(2,6-16)15-3-8(12)10(14-15)7-4-17-5-9(7)13/h3-6H,1-2H3. The van der Waals surface area contributed by atoms with Crippen molar-refractivity contribution in [1.29, 1.82) is 0 Å². The lowest BCUT2D eigenvalue weighted by Gasteiger charge is -2.16. The van der Waals surface area contributed by atoms with Crippen LogP contribution in [-0.4, -0.2) is 16.1 Å². The van der Waals surface area contributed by atoms with Crippen LogP contribution < -0.4 is 0 Å². The van der Waals surface area contributed by atoms with Crippen molar-refractivity contribution in [3.63, 3.8) is 0 Å². The van der Waals surface area contributed by atoms with Crippen molar-refractivity contribution in [2.45, 2.75) is 19.4 Å². The predicted octanol–water partition coefficient (Wildman–Crippen LogP) is 2.82. The molecule has 0 N–H and O–H groups in total. The molecular formula is C11H10F2N2OS. The number of aldehydes is 1. The predicted molar refractivity (Wildman–Crippen MR) is 60.8 cm³/mol. The van der Waals surface area contributed by atoms with Gasteiger partial charge in [-0.05, 0) is 13.8 Å². The van der Waals surface area contributed by atoms with Crippen molar-refractivity contribution in [3.8, 4) is 11.3 Å². The highest BCUT2D eigenvalue weighted by atomic mass is 32.1. The van der Waals surface area contributed by atoms with Crippen LogP contribution in [0.25, 0.3) is 11.3 Å². The van der Waals surface area contributed by atoms with Crippen molar-refractivity contribution < 1.29 is 13.6 Å². The van der Waals surface area contributed by atoms with Crippen LogP contribution in [-0.2, 0) is 10.3 Å². The first-order valence-electron chi connectivity index (χ1n) is 4.90. The Balaban J connectivity index is 2.52. The van der Waals surface area contributed by atoms with E-state index in [1.54, 1.807) is 13.8 Å². The van der Waals surface area contributed by atoms with Gasteiger partial charge in [-0.2, -0.15) is 5.10 Å². The van der Waals surface area contributed by atoms with Crippen molar-refractivity contribution in [3.05, 3.63) is 28.6 Å². The summed E-state index contributed by atoms with van der Waals surface area (Å²) in [5, 5.41) is 6.69. The summed E-state index contributed by atoms with van der Waals surface area (Å²) < 4.78 is 28.2. The highest BCUT2D eigenvalue weighted by Gasteiger charge is 2.24. The van der Waals surface area contributed by atoms with Gasteiger partial charge in [0.15, 0.2) is 5.82 Å². The average Bonchev–Trinajstić information content (AvgIpc) is 2.85. The minimum Gasteiger partial charge on any atom is -0.301 e. The van der Waals surface area contributed by atoms with E-state index in [1.807, 2.05) is 0 Å². The molecule has 0 saturated carbocycles. The number of halogens is 2. The molecule has 90 valence electrons. The Morgan fingerprint density at radius 2 is 2.06 bits per heavy atom. The normalized spacial score (nSPS) is 11.8. The van der Waals surface area contributed by atoms with Gasteiger partial charge in [-0.3, -0.25) is 4.68 Å². The molecule has 0 radical (unpaired) electrons. The topological polar surface area (TPSA) is 34.9 Å².